The van der Waals surface area contributed by atoms with E-state index in [4.69, 9.17) is 5.11 Å². The fraction of sp³-hybridized carbons (Fsp3) is 0.0833. The molecule has 0 aliphatic rings. The van der Waals surface area contributed by atoms with Crippen LogP contribution in [0.15, 0.2) is 34.1 Å². The van der Waals surface area contributed by atoms with Crippen molar-refractivity contribution in [3.63, 3.8) is 0 Å². The third kappa shape index (κ3) is 2.97. The molecule has 8 heteroatoms. The highest BCUT2D eigenvalue weighted by Crippen LogP contribution is 2.30. The van der Waals surface area contributed by atoms with Gasteiger partial charge in [0.1, 0.15) is 11.3 Å². The van der Waals surface area contributed by atoms with E-state index in [9.17, 15) is 14.9 Å². The molecule has 0 saturated carbocycles. The van der Waals surface area contributed by atoms with E-state index < -0.39 is 16.6 Å². The molecule has 0 bridgehead atoms. The van der Waals surface area contributed by atoms with Gasteiger partial charge >= 0.3 is 11.7 Å². The lowest BCUT2D eigenvalue weighted by Crippen LogP contribution is -2.07. The van der Waals surface area contributed by atoms with Gasteiger partial charge in [-0.25, -0.2) is 4.79 Å². The minimum atomic E-state index is -1.32. The van der Waals surface area contributed by atoms with Gasteiger partial charge in [0, 0.05) is 9.35 Å². The molecule has 0 radical (unpaired) electrons. The molecule has 1 aromatic heterocycles. The van der Waals surface area contributed by atoms with E-state index in [1.54, 1.807) is 0 Å². The third-order valence-electron chi connectivity index (χ3n) is 2.58. The van der Waals surface area contributed by atoms with Crippen LogP contribution < -0.4 is 5.32 Å². The summed E-state index contributed by atoms with van der Waals surface area (Å²) >= 11 is 4.87. The molecule has 0 fully saturated rings. The number of nitrogens with zero attached hydrogens (tertiary/aromatic N) is 1. The summed E-state index contributed by atoms with van der Waals surface area (Å²) in [5, 5.41) is 24.9. The fourth-order valence-corrected chi connectivity index (χ4v) is 3.11. The van der Waals surface area contributed by atoms with Crippen LogP contribution in [0.3, 0.4) is 0 Å². The number of aromatic carboxylic acids is 1. The normalized spacial score (nSPS) is 10.2. The van der Waals surface area contributed by atoms with Crippen molar-refractivity contribution in [3.8, 4) is 0 Å². The molecule has 20 heavy (non-hydrogen) atoms. The standard InChI is InChI=1S/C12H9BrN2O4S/c13-8-4-5-20-10(8)6-14-9-3-1-2-7(12(16)17)11(9)15(18)19/h1-5,14H,6H2,(H,16,17). The zero-order chi connectivity index (χ0) is 14.7. The van der Waals surface area contributed by atoms with Crippen LogP contribution in [0.25, 0.3) is 0 Å². The Morgan fingerprint density at radius 3 is 2.75 bits per heavy atom. The first kappa shape index (κ1) is 14.5. The highest BCUT2D eigenvalue weighted by atomic mass is 79.9. The molecule has 2 aromatic rings. The number of carboxylic acids is 1. The maximum Gasteiger partial charge on any atom is 0.342 e. The van der Waals surface area contributed by atoms with Crippen LogP contribution in [-0.4, -0.2) is 16.0 Å². The number of benzene rings is 1. The summed E-state index contributed by atoms with van der Waals surface area (Å²) in [6, 6.07) is 6.06. The summed E-state index contributed by atoms with van der Waals surface area (Å²) in [5.41, 5.74) is -0.562. The molecule has 0 spiro atoms. The lowest BCUT2D eigenvalue weighted by molar-refractivity contribution is -0.384. The minimum Gasteiger partial charge on any atom is -0.477 e. The Labute approximate surface area is 126 Å². The van der Waals surface area contributed by atoms with Gasteiger partial charge in [-0.15, -0.1) is 11.3 Å². The van der Waals surface area contributed by atoms with Crippen molar-refractivity contribution in [1.29, 1.82) is 0 Å². The second kappa shape index (κ2) is 6.02. The molecule has 2 N–H and O–H groups in total. The Morgan fingerprint density at radius 1 is 1.45 bits per heavy atom. The van der Waals surface area contributed by atoms with Crippen LogP contribution in [-0.2, 0) is 6.54 Å². The van der Waals surface area contributed by atoms with Gasteiger partial charge in [0.05, 0.1) is 11.5 Å². The van der Waals surface area contributed by atoms with Crippen LogP contribution in [0.2, 0.25) is 0 Å². The van der Waals surface area contributed by atoms with Crippen molar-refractivity contribution in [2.75, 3.05) is 5.32 Å². The lowest BCUT2D eigenvalue weighted by Gasteiger charge is -2.08. The Kier molecular flexibility index (Phi) is 4.35. The number of rotatable bonds is 5. The zero-order valence-electron chi connectivity index (χ0n) is 10.00. The van der Waals surface area contributed by atoms with E-state index in [1.165, 1.54) is 29.5 Å². The second-order valence-corrected chi connectivity index (χ2v) is 5.66. The minimum absolute atomic E-state index is 0.190. The average Bonchev–Trinajstić information content (AvgIpc) is 2.81. The maximum absolute atomic E-state index is 11.1. The van der Waals surface area contributed by atoms with Crippen molar-refractivity contribution in [1.82, 2.24) is 0 Å². The first-order valence-electron chi connectivity index (χ1n) is 5.47. The molecule has 1 heterocycles. The van der Waals surface area contributed by atoms with E-state index in [1.807, 2.05) is 11.4 Å². The molecule has 0 aliphatic carbocycles. The topological polar surface area (TPSA) is 92.5 Å². The molecule has 0 aliphatic heterocycles. The predicted molar refractivity (Wildman–Crippen MR) is 79.4 cm³/mol. The third-order valence-corrected chi connectivity index (χ3v) is 4.51. The highest BCUT2D eigenvalue weighted by molar-refractivity contribution is 9.10. The quantitative estimate of drug-likeness (QED) is 0.628. The van der Waals surface area contributed by atoms with Crippen LogP contribution >= 0.6 is 27.3 Å². The van der Waals surface area contributed by atoms with E-state index in [-0.39, 0.29) is 11.3 Å². The largest absolute Gasteiger partial charge is 0.477 e. The van der Waals surface area contributed by atoms with E-state index in [2.05, 4.69) is 21.2 Å². The molecular formula is C12H9BrN2O4S. The predicted octanol–water partition coefficient (Wildman–Crippen LogP) is 3.73. The number of nitrogens with one attached hydrogen (secondary N) is 1. The molecule has 1 aromatic carbocycles. The van der Waals surface area contributed by atoms with Crippen molar-refractivity contribution < 1.29 is 14.8 Å². The first-order valence-corrected chi connectivity index (χ1v) is 7.14. The zero-order valence-corrected chi connectivity index (χ0v) is 12.4. The molecule has 2 rings (SSSR count). The SMILES string of the molecule is O=C(O)c1cccc(NCc2sccc2Br)c1[N+](=O)[O-]. The number of carbonyl (C=O) groups is 1. The van der Waals surface area contributed by atoms with Crippen molar-refractivity contribution in [2.45, 2.75) is 6.54 Å². The summed E-state index contributed by atoms with van der Waals surface area (Å²) in [7, 11) is 0. The molecule has 104 valence electrons. The molecule has 0 saturated heterocycles. The van der Waals surface area contributed by atoms with Gasteiger partial charge in [-0.3, -0.25) is 10.1 Å². The average molecular weight is 357 g/mol. The van der Waals surface area contributed by atoms with E-state index >= 15 is 0 Å². The Balaban J connectivity index is 2.32. The maximum atomic E-state index is 11.1. The number of para-hydroxylation sites is 1. The Bertz CT molecular complexity index is 671. The van der Waals surface area contributed by atoms with Gasteiger partial charge in [0.15, 0.2) is 0 Å². The van der Waals surface area contributed by atoms with Gasteiger partial charge in [-0.1, -0.05) is 6.07 Å². The number of nitro groups is 1. The molecule has 0 atom stereocenters. The van der Waals surface area contributed by atoms with E-state index in [0.29, 0.717) is 6.54 Å². The van der Waals surface area contributed by atoms with Gasteiger partial charge < -0.3 is 10.4 Å². The molecular weight excluding hydrogens is 348 g/mol. The molecule has 0 amide bonds. The number of hydrogen-bond acceptors (Lipinski definition) is 5. The number of nitro benzene ring substituents is 1. The summed E-state index contributed by atoms with van der Waals surface area (Å²) in [6.45, 7) is 0.377. The van der Waals surface area contributed by atoms with Crippen LogP contribution in [0.4, 0.5) is 11.4 Å². The Morgan fingerprint density at radius 2 is 2.20 bits per heavy atom. The number of hydrogen-bond donors (Lipinski definition) is 2. The Hall–Kier alpha value is -1.93. The number of thiophene rings is 1. The van der Waals surface area contributed by atoms with Crippen molar-refractivity contribution in [2.24, 2.45) is 0 Å². The van der Waals surface area contributed by atoms with Gasteiger partial charge in [-0.2, -0.15) is 0 Å². The van der Waals surface area contributed by atoms with Crippen molar-refractivity contribution >= 4 is 44.6 Å². The van der Waals surface area contributed by atoms with Crippen molar-refractivity contribution in [3.05, 3.63) is 54.7 Å². The summed E-state index contributed by atoms with van der Waals surface area (Å²) in [5.74, 6) is -1.32. The lowest BCUT2D eigenvalue weighted by atomic mass is 10.1. The smallest absolute Gasteiger partial charge is 0.342 e. The number of anilines is 1. The number of halogens is 1. The van der Waals surface area contributed by atoms with Crippen LogP contribution in [0, 0.1) is 10.1 Å². The van der Waals surface area contributed by atoms with Gasteiger partial charge in [0.25, 0.3) is 0 Å². The summed E-state index contributed by atoms with van der Waals surface area (Å²) in [6.07, 6.45) is 0. The fourth-order valence-electron chi connectivity index (χ4n) is 1.68. The van der Waals surface area contributed by atoms with Crippen LogP contribution in [0.1, 0.15) is 15.2 Å². The first-order chi connectivity index (χ1) is 9.50. The van der Waals surface area contributed by atoms with Gasteiger partial charge in [0.2, 0.25) is 0 Å². The van der Waals surface area contributed by atoms with Crippen LogP contribution in [0.5, 0.6) is 0 Å². The summed E-state index contributed by atoms with van der Waals surface area (Å²) in [4.78, 5) is 22.4. The second-order valence-electron chi connectivity index (χ2n) is 3.81. The number of carboxylic acid groups (broad SMARTS) is 1. The monoisotopic (exact) mass is 356 g/mol. The molecule has 6 nitrogen and oxygen atoms in total. The van der Waals surface area contributed by atoms with E-state index in [0.717, 1.165) is 9.35 Å². The van der Waals surface area contributed by atoms with Gasteiger partial charge in [-0.05, 0) is 39.5 Å². The highest BCUT2D eigenvalue weighted by Gasteiger charge is 2.24. The summed E-state index contributed by atoms with van der Waals surface area (Å²) < 4.78 is 0.909. The molecule has 0 unspecified atom stereocenters.